The molecule has 0 radical (unpaired) electrons. The first-order chi connectivity index (χ1) is 8.97. The minimum Gasteiger partial charge on any atom is -0.388 e. The van der Waals surface area contributed by atoms with Crippen LogP contribution in [0.5, 0.6) is 0 Å². The van der Waals surface area contributed by atoms with Crippen LogP contribution in [0, 0.1) is 13.8 Å². The zero-order valence-electron chi connectivity index (χ0n) is 10.6. The van der Waals surface area contributed by atoms with Crippen molar-refractivity contribution in [2.75, 3.05) is 5.32 Å². The van der Waals surface area contributed by atoms with Crippen molar-refractivity contribution in [3.05, 3.63) is 45.7 Å². The maximum atomic E-state index is 5.60. The molecule has 0 bridgehead atoms. The molecule has 0 aliphatic carbocycles. The van der Waals surface area contributed by atoms with Crippen molar-refractivity contribution in [2.45, 2.75) is 13.8 Å². The Morgan fingerprint density at radius 2 is 2.05 bits per heavy atom. The number of hydrogen-bond acceptors (Lipinski definition) is 4. The first-order valence-corrected chi connectivity index (χ1v) is 6.85. The summed E-state index contributed by atoms with van der Waals surface area (Å²) in [5, 5.41) is 3.16. The van der Waals surface area contributed by atoms with E-state index >= 15 is 0 Å². The van der Waals surface area contributed by atoms with E-state index in [0.29, 0.717) is 11.6 Å². The first kappa shape index (κ1) is 13.9. The molecule has 2 rings (SSSR count). The Labute approximate surface area is 125 Å². The van der Waals surface area contributed by atoms with Crippen LogP contribution >= 0.6 is 28.1 Å². The highest BCUT2D eigenvalue weighted by atomic mass is 79.9. The van der Waals surface area contributed by atoms with Gasteiger partial charge >= 0.3 is 0 Å². The van der Waals surface area contributed by atoms with Gasteiger partial charge in [-0.1, -0.05) is 24.4 Å². The molecule has 0 spiro atoms. The molecule has 4 nitrogen and oxygen atoms in total. The third-order valence-corrected chi connectivity index (χ3v) is 3.81. The lowest BCUT2D eigenvalue weighted by Crippen LogP contribution is -2.13. The minimum absolute atomic E-state index is 0.261. The lowest BCUT2D eigenvalue weighted by molar-refractivity contribution is 1.09. The van der Waals surface area contributed by atoms with Crippen LogP contribution in [-0.4, -0.2) is 15.0 Å². The van der Waals surface area contributed by atoms with Crippen molar-refractivity contribution in [3.8, 4) is 0 Å². The lowest BCUT2D eigenvalue weighted by Gasteiger charge is -2.10. The smallest absolute Gasteiger partial charge is 0.228 e. The normalized spacial score (nSPS) is 10.3. The highest BCUT2D eigenvalue weighted by Crippen LogP contribution is 2.27. The molecule has 98 valence electrons. The van der Waals surface area contributed by atoms with E-state index in [4.69, 9.17) is 18.0 Å². The summed E-state index contributed by atoms with van der Waals surface area (Å²) in [6, 6.07) is 7.70. The van der Waals surface area contributed by atoms with Crippen LogP contribution in [0.25, 0.3) is 0 Å². The molecule has 6 heteroatoms. The highest BCUT2D eigenvalue weighted by Gasteiger charge is 2.07. The predicted octanol–water partition coefficient (Wildman–Crippen LogP) is 3.23. The van der Waals surface area contributed by atoms with Crippen LogP contribution in [0.4, 0.5) is 11.6 Å². The SMILES string of the molecule is Cc1cc(C(N)=S)nc(Nc2cccc(C)c2Br)n1. The van der Waals surface area contributed by atoms with Crippen molar-refractivity contribution in [1.29, 1.82) is 0 Å². The molecule has 0 amide bonds. The van der Waals surface area contributed by atoms with Gasteiger partial charge in [0.1, 0.15) is 10.7 Å². The van der Waals surface area contributed by atoms with E-state index in [0.717, 1.165) is 21.4 Å². The Kier molecular flexibility index (Phi) is 4.11. The summed E-state index contributed by atoms with van der Waals surface area (Å²) in [5.74, 6) is 0.481. The van der Waals surface area contributed by atoms with Gasteiger partial charge in [-0.3, -0.25) is 0 Å². The Morgan fingerprint density at radius 1 is 1.32 bits per heavy atom. The van der Waals surface area contributed by atoms with Crippen molar-refractivity contribution in [2.24, 2.45) is 5.73 Å². The molecular weight excluding hydrogens is 324 g/mol. The number of anilines is 2. The van der Waals surface area contributed by atoms with Gasteiger partial charge in [0.15, 0.2) is 0 Å². The molecule has 0 unspecified atom stereocenters. The number of hydrogen-bond donors (Lipinski definition) is 2. The zero-order valence-corrected chi connectivity index (χ0v) is 13.0. The average molecular weight is 337 g/mol. The Bertz CT molecular complexity index is 643. The van der Waals surface area contributed by atoms with E-state index in [1.54, 1.807) is 6.07 Å². The highest BCUT2D eigenvalue weighted by molar-refractivity contribution is 9.10. The monoisotopic (exact) mass is 336 g/mol. The Balaban J connectivity index is 2.38. The minimum atomic E-state index is 0.261. The van der Waals surface area contributed by atoms with Crippen molar-refractivity contribution in [3.63, 3.8) is 0 Å². The van der Waals surface area contributed by atoms with Gasteiger partial charge < -0.3 is 11.1 Å². The van der Waals surface area contributed by atoms with Crippen LogP contribution in [0.2, 0.25) is 0 Å². The average Bonchev–Trinajstić information content (AvgIpc) is 2.34. The fraction of sp³-hybridized carbons (Fsp3) is 0.154. The standard InChI is InChI=1S/C13H13BrN4S/c1-7-4-3-5-9(11(7)14)17-13-16-8(2)6-10(18-13)12(15)19/h3-6H,1-2H3,(H2,15,19)(H,16,17,18). The van der Waals surface area contributed by atoms with Crippen molar-refractivity contribution < 1.29 is 0 Å². The second kappa shape index (κ2) is 5.63. The zero-order chi connectivity index (χ0) is 14.0. The third kappa shape index (κ3) is 3.27. The van der Waals surface area contributed by atoms with E-state index in [9.17, 15) is 0 Å². The largest absolute Gasteiger partial charge is 0.388 e. The van der Waals surface area contributed by atoms with Crippen LogP contribution in [0.1, 0.15) is 17.0 Å². The van der Waals surface area contributed by atoms with E-state index < -0.39 is 0 Å². The molecular formula is C13H13BrN4S. The predicted molar refractivity (Wildman–Crippen MR) is 84.8 cm³/mol. The van der Waals surface area contributed by atoms with Crippen LogP contribution in [0.15, 0.2) is 28.7 Å². The van der Waals surface area contributed by atoms with Gasteiger partial charge in [0, 0.05) is 10.2 Å². The van der Waals surface area contributed by atoms with Crippen LogP contribution in [-0.2, 0) is 0 Å². The number of aromatic nitrogens is 2. The summed E-state index contributed by atoms with van der Waals surface area (Å²) in [4.78, 5) is 8.87. The number of benzene rings is 1. The summed E-state index contributed by atoms with van der Waals surface area (Å²) in [7, 11) is 0. The molecule has 19 heavy (non-hydrogen) atoms. The van der Waals surface area contributed by atoms with Gasteiger partial charge in [-0.05, 0) is 47.5 Å². The third-order valence-electron chi connectivity index (χ3n) is 2.54. The second-order valence-electron chi connectivity index (χ2n) is 4.14. The van der Waals surface area contributed by atoms with E-state index in [2.05, 4.69) is 31.2 Å². The molecule has 3 N–H and O–H groups in total. The number of rotatable bonds is 3. The molecule has 2 aromatic rings. The Hall–Kier alpha value is -1.53. The number of nitrogens with one attached hydrogen (secondary N) is 1. The van der Waals surface area contributed by atoms with Crippen LogP contribution in [0.3, 0.4) is 0 Å². The summed E-state index contributed by atoms with van der Waals surface area (Å²) < 4.78 is 0.983. The van der Waals surface area contributed by atoms with Crippen LogP contribution < -0.4 is 11.1 Å². The number of halogens is 1. The second-order valence-corrected chi connectivity index (χ2v) is 5.38. The molecule has 0 aliphatic rings. The topological polar surface area (TPSA) is 63.8 Å². The van der Waals surface area contributed by atoms with E-state index in [-0.39, 0.29) is 4.99 Å². The van der Waals surface area contributed by atoms with Gasteiger partial charge in [0.2, 0.25) is 5.95 Å². The number of nitrogens with zero attached hydrogens (tertiary/aromatic N) is 2. The lowest BCUT2D eigenvalue weighted by atomic mass is 10.2. The summed E-state index contributed by atoms with van der Waals surface area (Å²) >= 11 is 8.48. The first-order valence-electron chi connectivity index (χ1n) is 5.65. The van der Waals surface area contributed by atoms with Gasteiger partial charge in [0.05, 0.1) is 5.69 Å². The molecule has 1 aromatic heterocycles. The summed E-state index contributed by atoms with van der Waals surface area (Å²) in [6.45, 7) is 3.90. The maximum Gasteiger partial charge on any atom is 0.228 e. The Morgan fingerprint density at radius 3 is 2.74 bits per heavy atom. The van der Waals surface area contributed by atoms with Crippen molar-refractivity contribution in [1.82, 2.24) is 9.97 Å². The van der Waals surface area contributed by atoms with Gasteiger partial charge in [-0.15, -0.1) is 0 Å². The molecule has 0 fully saturated rings. The number of thiocarbonyl (C=S) groups is 1. The fourth-order valence-corrected chi connectivity index (χ4v) is 2.08. The van der Waals surface area contributed by atoms with Gasteiger partial charge in [0.25, 0.3) is 0 Å². The molecule has 0 atom stereocenters. The van der Waals surface area contributed by atoms with Gasteiger partial charge in [-0.25, -0.2) is 9.97 Å². The van der Waals surface area contributed by atoms with E-state index in [1.807, 2.05) is 32.0 Å². The fourth-order valence-electron chi connectivity index (χ4n) is 1.62. The number of nitrogens with two attached hydrogens (primary N) is 1. The van der Waals surface area contributed by atoms with E-state index in [1.165, 1.54) is 0 Å². The van der Waals surface area contributed by atoms with Crippen molar-refractivity contribution >= 4 is 44.8 Å². The summed E-state index contributed by atoms with van der Waals surface area (Å²) in [5.41, 5.74) is 9.01. The molecule has 0 saturated carbocycles. The molecule has 1 aromatic carbocycles. The number of aryl methyl sites for hydroxylation is 2. The maximum absolute atomic E-state index is 5.60. The molecule has 0 saturated heterocycles. The van der Waals surface area contributed by atoms with Gasteiger partial charge in [-0.2, -0.15) is 0 Å². The summed E-state index contributed by atoms with van der Waals surface area (Å²) in [6.07, 6.45) is 0. The molecule has 0 aliphatic heterocycles. The quantitative estimate of drug-likeness (QED) is 0.842. The molecule has 1 heterocycles.